The van der Waals surface area contributed by atoms with Crippen molar-refractivity contribution in [2.75, 3.05) is 7.11 Å². The first kappa shape index (κ1) is 15.6. The zero-order chi connectivity index (χ0) is 16.1. The van der Waals surface area contributed by atoms with Crippen molar-refractivity contribution in [1.82, 2.24) is 15.5 Å². The summed E-state index contributed by atoms with van der Waals surface area (Å²) in [6.07, 6.45) is -0.134. The molecular formula is C15H17N3O4. The van der Waals surface area contributed by atoms with Gasteiger partial charge in [-0.25, -0.2) is 0 Å². The number of nitrogens with one attached hydrogen (secondary N) is 2. The minimum Gasteiger partial charge on any atom is -0.497 e. The van der Waals surface area contributed by atoms with Crippen molar-refractivity contribution in [3.05, 3.63) is 36.0 Å². The number of hydrogen-bond acceptors (Lipinski definition) is 4. The summed E-state index contributed by atoms with van der Waals surface area (Å²) in [6.45, 7) is 1.63. The third-order valence-electron chi connectivity index (χ3n) is 3.07. The Morgan fingerprint density at radius 1 is 1.36 bits per heavy atom. The number of aromatic nitrogens is 2. The van der Waals surface area contributed by atoms with E-state index in [-0.39, 0.29) is 18.0 Å². The molecule has 1 amide bonds. The van der Waals surface area contributed by atoms with Crippen LogP contribution < -0.4 is 10.1 Å². The second-order valence-corrected chi connectivity index (χ2v) is 4.87. The average molecular weight is 303 g/mol. The summed E-state index contributed by atoms with van der Waals surface area (Å²) in [5, 5.41) is 18.0. The lowest BCUT2D eigenvalue weighted by Gasteiger charge is -2.09. The minimum atomic E-state index is -0.962. The Morgan fingerprint density at radius 3 is 2.64 bits per heavy atom. The fourth-order valence-corrected chi connectivity index (χ4v) is 1.96. The fraction of sp³-hybridized carbons (Fsp3) is 0.267. The van der Waals surface area contributed by atoms with Crippen molar-refractivity contribution in [2.45, 2.75) is 19.4 Å². The van der Waals surface area contributed by atoms with E-state index in [2.05, 4.69) is 15.5 Å². The quantitative estimate of drug-likeness (QED) is 0.753. The number of carbonyl (C=O) groups is 2. The summed E-state index contributed by atoms with van der Waals surface area (Å²) in [6, 6.07) is 8.44. The van der Waals surface area contributed by atoms with Crippen molar-refractivity contribution in [1.29, 1.82) is 0 Å². The zero-order valence-electron chi connectivity index (χ0n) is 12.3. The SMILES string of the molecule is COc1ccc(-c2cc(C(=O)NC(C)CC(=O)O)[nH]n2)cc1. The smallest absolute Gasteiger partial charge is 0.305 e. The second-order valence-electron chi connectivity index (χ2n) is 4.87. The van der Waals surface area contributed by atoms with E-state index in [0.29, 0.717) is 5.69 Å². The van der Waals surface area contributed by atoms with Gasteiger partial charge in [-0.3, -0.25) is 14.7 Å². The molecule has 0 spiro atoms. The molecule has 22 heavy (non-hydrogen) atoms. The monoisotopic (exact) mass is 303 g/mol. The molecule has 0 aliphatic carbocycles. The van der Waals surface area contributed by atoms with Crippen LogP contribution in [0.25, 0.3) is 11.3 Å². The van der Waals surface area contributed by atoms with E-state index in [0.717, 1.165) is 11.3 Å². The maximum atomic E-state index is 12.0. The van der Waals surface area contributed by atoms with Crippen LogP contribution in [0.1, 0.15) is 23.8 Å². The van der Waals surface area contributed by atoms with Gasteiger partial charge in [0.05, 0.1) is 19.2 Å². The van der Waals surface area contributed by atoms with E-state index in [4.69, 9.17) is 9.84 Å². The molecule has 0 saturated carbocycles. The molecule has 1 heterocycles. The summed E-state index contributed by atoms with van der Waals surface area (Å²) in [5.41, 5.74) is 1.75. The number of nitrogens with zero attached hydrogens (tertiary/aromatic N) is 1. The molecule has 1 unspecified atom stereocenters. The van der Waals surface area contributed by atoms with Gasteiger partial charge < -0.3 is 15.2 Å². The van der Waals surface area contributed by atoms with Gasteiger partial charge in [0.2, 0.25) is 0 Å². The first-order chi connectivity index (χ1) is 10.5. The van der Waals surface area contributed by atoms with Crippen LogP contribution in [0.4, 0.5) is 0 Å². The number of aliphatic carboxylic acids is 1. The molecule has 0 bridgehead atoms. The Morgan fingerprint density at radius 2 is 2.05 bits per heavy atom. The number of amides is 1. The van der Waals surface area contributed by atoms with Crippen LogP contribution in [-0.4, -0.2) is 40.3 Å². The number of carbonyl (C=O) groups excluding carboxylic acids is 1. The zero-order valence-corrected chi connectivity index (χ0v) is 12.3. The normalized spacial score (nSPS) is 11.7. The van der Waals surface area contributed by atoms with E-state index in [1.165, 1.54) is 0 Å². The van der Waals surface area contributed by atoms with E-state index in [9.17, 15) is 9.59 Å². The van der Waals surface area contributed by atoms with Gasteiger partial charge >= 0.3 is 5.97 Å². The third-order valence-corrected chi connectivity index (χ3v) is 3.07. The summed E-state index contributed by atoms with van der Waals surface area (Å²) in [4.78, 5) is 22.6. The lowest BCUT2D eigenvalue weighted by Crippen LogP contribution is -2.34. The number of rotatable bonds is 6. The van der Waals surface area contributed by atoms with Gasteiger partial charge in [0.15, 0.2) is 0 Å². The van der Waals surface area contributed by atoms with Gasteiger partial charge in [0.25, 0.3) is 5.91 Å². The predicted molar refractivity (Wildman–Crippen MR) is 79.8 cm³/mol. The van der Waals surface area contributed by atoms with E-state index in [1.807, 2.05) is 12.1 Å². The van der Waals surface area contributed by atoms with Gasteiger partial charge in [-0.15, -0.1) is 0 Å². The average Bonchev–Trinajstić information content (AvgIpc) is 2.96. The maximum absolute atomic E-state index is 12.0. The fourth-order valence-electron chi connectivity index (χ4n) is 1.96. The second kappa shape index (κ2) is 6.75. The standard InChI is InChI=1S/C15H17N3O4/c1-9(7-14(19)20)16-15(21)13-8-12(17-18-13)10-3-5-11(22-2)6-4-10/h3-6,8-9H,7H2,1-2H3,(H,16,21)(H,17,18)(H,19,20). The molecule has 0 saturated heterocycles. The van der Waals surface area contributed by atoms with Crippen LogP contribution in [-0.2, 0) is 4.79 Å². The third kappa shape index (κ3) is 3.85. The highest BCUT2D eigenvalue weighted by Gasteiger charge is 2.15. The molecule has 0 aliphatic rings. The van der Waals surface area contributed by atoms with Gasteiger partial charge in [-0.1, -0.05) is 0 Å². The van der Waals surface area contributed by atoms with Crippen molar-refractivity contribution in [3.8, 4) is 17.0 Å². The first-order valence-electron chi connectivity index (χ1n) is 6.72. The van der Waals surface area contributed by atoms with Gasteiger partial charge in [-0.2, -0.15) is 5.10 Å². The molecule has 116 valence electrons. The largest absolute Gasteiger partial charge is 0.497 e. The molecule has 7 heteroatoms. The van der Waals surface area contributed by atoms with Gasteiger partial charge in [0.1, 0.15) is 11.4 Å². The Labute approximate surface area is 127 Å². The first-order valence-corrected chi connectivity index (χ1v) is 6.72. The van der Waals surface area contributed by atoms with Crippen LogP contribution >= 0.6 is 0 Å². The maximum Gasteiger partial charge on any atom is 0.305 e. The highest BCUT2D eigenvalue weighted by atomic mass is 16.5. The molecule has 1 aromatic carbocycles. The summed E-state index contributed by atoms with van der Waals surface area (Å²) < 4.78 is 5.08. The van der Waals surface area contributed by atoms with Gasteiger partial charge in [-0.05, 0) is 37.3 Å². The number of ether oxygens (including phenoxy) is 1. The van der Waals surface area contributed by atoms with Crippen LogP contribution in [0, 0.1) is 0 Å². The summed E-state index contributed by atoms with van der Waals surface area (Å²) in [7, 11) is 1.59. The van der Waals surface area contributed by atoms with E-state index >= 15 is 0 Å². The molecule has 2 aromatic rings. The lowest BCUT2D eigenvalue weighted by atomic mass is 10.1. The van der Waals surface area contributed by atoms with Crippen LogP contribution in [0.15, 0.2) is 30.3 Å². The van der Waals surface area contributed by atoms with Crippen molar-refractivity contribution < 1.29 is 19.4 Å². The van der Waals surface area contributed by atoms with Crippen LogP contribution in [0.2, 0.25) is 0 Å². The van der Waals surface area contributed by atoms with Crippen molar-refractivity contribution in [2.24, 2.45) is 0 Å². The number of carboxylic acid groups (broad SMARTS) is 1. The Bertz CT molecular complexity index is 664. The van der Waals surface area contributed by atoms with E-state index < -0.39 is 12.0 Å². The molecular weight excluding hydrogens is 286 g/mol. The number of carboxylic acids is 1. The lowest BCUT2D eigenvalue weighted by molar-refractivity contribution is -0.137. The topological polar surface area (TPSA) is 104 Å². The molecule has 2 rings (SSSR count). The molecule has 3 N–H and O–H groups in total. The van der Waals surface area contributed by atoms with Crippen molar-refractivity contribution >= 4 is 11.9 Å². The van der Waals surface area contributed by atoms with Crippen molar-refractivity contribution in [3.63, 3.8) is 0 Å². The summed E-state index contributed by atoms with van der Waals surface area (Å²) >= 11 is 0. The molecule has 0 aliphatic heterocycles. The molecule has 0 radical (unpaired) electrons. The highest BCUT2D eigenvalue weighted by Crippen LogP contribution is 2.21. The molecule has 1 aromatic heterocycles. The van der Waals surface area contributed by atoms with E-state index in [1.54, 1.807) is 32.2 Å². The number of hydrogen-bond donors (Lipinski definition) is 3. The Kier molecular flexibility index (Phi) is 4.77. The number of methoxy groups -OCH3 is 1. The molecule has 7 nitrogen and oxygen atoms in total. The number of benzene rings is 1. The van der Waals surface area contributed by atoms with Crippen LogP contribution in [0.3, 0.4) is 0 Å². The Balaban J connectivity index is 2.06. The highest BCUT2D eigenvalue weighted by molar-refractivity contribution is 5.93. The Hall–Kier alpha value is -2.83. The van der Waals surface area contributed by atoms with Gasteiger partial charge in [0, 0.05) is 11.6 Å². The summed E-state index contributed by atoms with van der Waals surface area (Å²) in [5.74, 6) is -0.614. The van der Waals surface area contributed by atoms with Crippen LogP contribution in [0.5, 0.6) is 5.75 Å². The predicted octanol–water partition coefficient (Wildman–Crippen LogP) is 1.68. The minimum absolute atomic E-state index is 0.134. The molecule has 1 atom stereocenters. The number of H-pyrrole nitrogens is 1. The molecule has 0 fully saturated rings. The number of aromatic amines is 1.